The van der Waals surface area contributed by atoms with E-state index in [2.05, 4.69) is 24.1 Å². The number of nitrogens with zero attached hydrogens (tertiary/aromatic N) is 1. The summed E-state index contributed by atoms with van der Waals surface area (Å²) < 4.78 is 0. The predicted octanol–water partition coefficient (Wildman–Crippen LogP) is 2.02. The van der Waals surface area contributed by atoms with Gasteiger partial charge < -0.3 is 10.2 Å². The Morgan fingerprint density at radius 2 is 2.12 bits per heavy atom. The number of nitrogens with one attached hydrogen (secondary N) is 1. The molecule has 3 heteroatoms. The van der Waals surface area contributed by atoms with Crippen molar-refractivity contribution in [3.63, 3.8) is 0 Å². The summed E-state index contributed by atoms with van der Waals surface area (Å²) in [6.45, 7) is 8.34. The average molecular weight is 238 g/mol. The number of likely N-dealkylation sites (tertiary alicyclic amines) is 1. The molecular formula is C14H26N2O. The van der Waals surface area contributed by atoms with E-state index in [1.165, 1.54) is 12.8 Å². The molecule has 0 bridgehead atoms. The molecule has 2 rings (SSSR count). The van der Waals surface area contributed by atoms with Crippen molar-refractivity contribution in [2.24, 2.45) is 11.3 Å². The summed E-state index contributed by atoms with van der Waals surface area (Å²) in [5.74, 6) is 1.22. The number of hydrogen-bond acceptors (Lipinski definition) is 2. The van der Waals surface area contributed by atoms with Gasteiger partial charge in [0.25, 0.3) is 0 Å². The zero-order valence-electron chi connectivity index (χ0n) is 11.3. The first kappa shape index (κ1) is 12.9. The third-order valence-corrected chi connectivity index (χ3v) is 4.50. The summed E-state index contributed by atoms with van der Waals surface area (Å²) in [6.07, 6.45) is 5.55. The van der Waals surface area contributed by atoms with E-state index in [-0.39, 0.29) is 5.41 Å². The molecule has 2 saturated heterocycles. The first-order valence-electron chi connectivity index (χ1n) is 7.18. The average Bonchev–Trinajstić information content (AvgIpc) is 2.79. The van der Waals surface area contributed by atoms with Crippen molar-refractivity contribution in [2.45, 2.75) is 46.0 Å². The second-order valence-electron chi connectivity index (χ2n) is 5.93. The molecule has 0 radical (unpaired) electrons. The third-order valence-electron chi connectivity index (χ3n) is 4.50. The molecule has 0 aliphatic carbocycles. The molecular weight excluding hydrogens is 212 g/mol. The number of piperidine rings is 1. The Morgan fingerprint density at radius 1 is 1.41 bits per heavy atom. The highest BCUT2D eigenvalue weighted by atomic mass is 16.2. The van der Waals surface area contributed by atoms with E-state index >= 15 is 0 Å². The Kier molecular flexibility index (Phi) is 4.08. The molecule has 0 aromatic heterocycles. The molecule has 0 aromatic carbocycles. The van der Waals surface area contributed by atoms with Crippen LogP contribution in [-0.4, -0.2) is 37.0 Å². The van der Waals surface area contributed by atoms with Crippen molar-refractivity contribution in [2.75, 3.05) is 26.2 Å². The zero-order chi connectivity index (χ0) is 12.3. The van der Waals surface area contributed by atoms with Gasteiger partial charge in [-0.05, 0) is 38.1 Å². The van der Waals surface area contributed by atoms with Crippen LogP contribution in [0, 0.1) is 11.3 Å². The summed E-state index contributed by atoms with van der Waals surface area (Å²) in [5, 5.41) is 3.38. The number of carbonyl (C=O) groups is 1. The molecule has 0 aromatic rings. The summed E-state index contributed by atoms with van der Waals surface area (Å²) in [7, 11) is 0. The molecule has 2 heterocycles. The SMILES string of the molecule is CCCC1(C(=O)N2CCC(C)CC2)CCNC1. The maximum Gasteiger partial charge on any atom is 0.230 e. The lowest BCUT2D eigenvalue weighted by Crippen LogP contribution is -2.48. The van der Waals surface area contributed by atoms with E-state index in [9.17, 15) is 4.79 Å². The van der Waals surface area contributed by atoms with Gasteiger partial charge in [0.2, 0.25) is 5.91 Å². The normalized spacial score (nSPS) is 30.8. The van der Waals surface area contributed by atoms with Crippen LogP contribution >= 0.6 is 0 Å². The molecule has 17 heavy (non-hydrogen) atoms. The minimum Gasteiger partial charge on any atom is -0.342 e. The summed E-state index contributed by atoms with van der Waals surface area (Å²) in [6, 6.07) is 0. The van der Waals surface area contributed by atoms with Crippen LogP contribution in [0.15, 0.2) is 0 Å². The molecule has 0 spiro atoms. The van der Waals surface area contributed by atoms with Gasteiger partial charge in [-0.25, -0.2) is 0 Å². The summed E-state index contributed by atoms with van der Waals surface area (Å²) in [5.41, 5.74) is -0.0741. The van der Waals surface area contributed by atoms with Crippen LogP contribution in [0.3, 0.4) is 0 Å². The maximum atomic E-state index is 12.7. The minimum atomic E-state index is -0.0741. The molecule has 1 amide bonds. The van der Waals surface area contributed by atoms with Crippen molar-refractivity contribution in [1.29, 1.82) is 0 Å². The summed E-state index contributed by atoms with van der Waals surface area (Å²) in [4.78, 5) is 14.8. The Labute approximate surface area is 105 Å². The van der Waals surface area contributed by atoms with Gasteiger partial charge in [0.1, 0.15) is 0 Å². The van der Waals surface area contributed by atoms with Gasteiger partial charge in [-0.15, -0.1) is 0 Å². The van der Waals surface area contributed by atoms with Gasteiger partial charge in [0.15, 0.2) is 0 Å². The fourth-order valence-corrected chi connectivity index (χ4v) is 3.27. The Morgan fingerprint density at radius 3 is 2.65 bits per heavy atom. The molecule has 1 N–H and O–H groups in total. The van der Waals surface area contributed by atoms with Crippen molar-refractivity contribution in [3.8, 4) is 0 Å². The monoisotopic (exact) mass is 238 g/mol. The lowest BCUT2D eigenvalue weighted by molar-refractivity contribution is -0.143. The van der Waals surface area contributed by atoms with E-state index in [1.54, 1.807) is 0 Å². The first-order chi connectivity index (χ1) is 8.18. The number of rotatable bonds is 3. The van der Waals surface area contributed by atoms with Gasteiger partial charge >= 0.3 is 0 Å². The van der Waals surface area contributed by atoms with Crippen LogP contribution < -0.4 is 5.32 Å². The van der Waals surface area contributed by atoms with E-state index in [0.29, 0.717) is 5.91 Å². The number of hydrogen-bond donors (Lipinski definition) is 1. The first-order valence-corrected chi connectivity index (χ1v) is 7.18. The van der Waals surface area contributed by atoms with Crippen molar-refractivity contribution in [1.82, 2.24) is 10.2 Å². The Bertz CT molecular complexity index is 263. The fourth-order valence-electron chi connectivity index (χ4n) is 3.27. The molecule has 1 atom stereocenters. The lowest BCUT2D eigenvalue weighted by atomic mass is 9.80. The summed E-state index contributed by atoms with van der Waals surface area (Å²) >= 11 is 0. The van der Waals surface area contributed by atoms with Gasteiger partial charge in [-0.1, -0.05) is 20.3 Å². The molecule has 1 unspecified atom stereocenters. The second-order valence-corrected chi connectivity index (χ2v) is 5.93. The van der Waals surface area contributed by atoms with Crippen LogP contribution in [0.5, 0.6) is 0 Å². The van der Waals surface area contributed by atoms with Crippen molar-refractivity contribution < 1.29 is 4.79 Å². The maximum absolute atomic E-state index is 12.7. The van der Waals surface area contributed by atoms with E-state index in [0.717, 1.165) is 51.4 Å². The molecule has 3 nitrogen and oxygen atoms in total. The molecule has 98 valence electrons. The predicted molar refractivity (Wildman–Crippen MR) is 69.8 cm³/mol. The number of amides is 1. The van der Waals surface area contributed by atoms with Crippen LogP contribution in [-0.2, 0) is 4.79 Å². The van der Waals surface area contributed by atoms with Crippen molar-refractivity contribution >= 4 is 5.91 Å². The second kappa shape index (κ2) is 5.38. The highest BCUT2D eigenvalue weighted by Gasteiger charge is 2.43. The molecule has 2 aliphatic rings. The Balaban J connectivity index is 2.01. The smallest absolute Gasteiger partial charge is 0.230 e. The highest BCUT2D eigenvalue weighted by Crippen LogP contribution is 2.34. The number of carbonyl (C=O) groups excluding carboxylic acids is 1. The van der Waals surface area contributed by atoms with Gasteiger partial charge in [0.05, 0.1) is 5.41 Å². The topological polar surface area (TPSA) is 32.3 Å². The van der Waals surface area contributed by atoms with E-state index in [4.69, 9.17) is 0 Å². The van der Waals surface area contributed by atoms with Crippen molar-refractivity contribution in [3.05, 3.63) is 0 Å². The quantitative estimate of drug-likeness (QED) is 0.816. The van der Waals surface area contributed by atoms with Crippen LogP contribution in [0.25, 0.3) is 0 Å². The zero-order valence-corrected chi connectivity index (χ0v) is 11.3. The third kappa shape index (κ3) is 2.65. The lowest BCUT2D eigenvalue weighted by Gasteiger charge is -2.37. The minimum absolute atomic E-state index is 0.0741. The van der Waals surface area contributed by atoms with E-state index in [1.807, 2.05) is 0 Å². The van der Waals surface area contributed by atoms with Crippen LogP contribution in [0.4, 0.5) is 0 Å². The molecule has 0 saturated carbocycles. The Hall–Kier alpha value is -0.570. The van der Waals surface area contributed by atoms with E-state index < -0.39 is 0 Å². The van der Waals surface area contributed by atoms with Crippen LogP contribution in [0.1, 0.15) is 46.0 Å². The highest BCUT2D eigenvalue weighted by molar-refractivity contribution is 5.83. The standard InChI is InChI=1S/C14H26N2O/c1-3-6-14(7-8-15-11-14)13(17)16-9-4-12(2)5-10-16/h12,15H,3-11H2,1-2H3. The largest absolute Gasteiger partial charge is 0.342 e. The fraction of sp³-hybridized carbons (Fsp3) is 0.929. The molecule has 2 fully saturated rings. The van der Waals surface area contributed by atoms with Gasteiger partial charge in [0, 0.05) is 19.6 Å². The molecule has 2 aliphatic heterocycles. The van der Waals surface area contributed by atoms with Gasteiger partial charge in [-0.3, -0.25) is 4.79 Å². The van der Waals surface area contributed by atoms with Crippen LogP contribution in [0.2, 0.25) is 0 Å². The van der Waals surface area contributed by atoms with Gasteiger partial charge in [-0.2, -0.15) is 0 Å².